The minimum atomic E-state index is -0.271. The van der Waals surface area contributed by atoms with E-state index in [-0.39, 0.29) is 11.5 Å². The minimum Gasteiger partial charge on any atom is -0.507 e. The van der Waals surface area contributed by atoms with Crippen LogP contribution in [0, 0.1) is 0 Å². The molecule has 4 aromatic rings. The van der Waals surface area contributed by atoms with Crippen LogP contribution in [0.15, 0.2) is 78.9 Å². The van der Waals surface area contributed by atoms with Crippen molar-refractivity contribution in [1.82, 2.24) is 15.0 Å². The molecule has 125 valence electrons. The first kappa shape index (κ1) is 15.8. The lowest BCUT2D eigenvalue weighted by atomic mass is 10.1. The van der Waals surface area contributed by atoms with Crippen molar-refractivity contribution in [2.45, 2.75) is 0 Å². The second-order valence-electron chi connectivity index (χ2n) is 5.72. The van der Waals surface area contributed by atoms with Crippen molar-refractivity contribution in [1.29, 1.82) is 0 Å². The molecule has 1 aromatic heterocycles. The summed E-state index contributed by atoms with van der Waals surface area (Å²) in [5, 5.41) is 21.6. The number of rotatable bonds is 3. The number of hydrogen-bond acceptors (Lipinski definition) is 4. The van der Waals surface area contributed by atoms with Gasteiger partial charge in [-0.3, -0.25) is 5.11 Å². The fourth-order valence-corrected chi connectivity index (χ4v) is 2.63. The van der Waals surface area contributed by atoms with Gasteiger partial charge in [0.1, 0.15) is 5.75 Å². The largest absolute Gasteiger partial charge is 0.507 e. The number of nitrogens with zero attached hydrogens (tertiary/aromatic N) is 3. The predicted molar refractivity (Wildman–Crippen MR) is 97.9 cm³/mol. The van der Waals surface area contributed by atoms with E-state index in [1.54, 1.807) is 0 Å². The van der Waals surface area contributed by atoms with Crippen LogP contribution in [0.3, 0.4) is 0 Å². The molecule has 3 aromatic carbocycles. The zero-order chi connectivity index (χ0) is 17.9. The molecule has 1 heterocycles. The van der Waals surface area contributed by atoms with Gasteiger partial charge in [0, 0.05) is 17.2 Å². The van der Waals surface area contributed by atoms with Gasteiger partial charge in [-0.1, -0.05) is 60.7 Å². The van der Waals surface area contributed by atoms with Crippen LogP contribution in [-0.4, -0.2) is 20.1 Å². The molecule has 0 fully saturated rings. The maximum absolute atomic E-state index is 11.4. The first-order chi connectivity index (χ1) is 12.7. The minimum absolute atomic E-state index is 0.151. The van der Waals surface area contributed by atoms with Crippen LogP contribution in [-0.2, 0) is 5.11 Å². The summed E-state index contributed by atoms with van der Waals surface area (Å²) in [5.74, 6) is 0.893. The lowest BCUT2D eigenvalue weighted by Crippen LogP contribution is -2.00. The maximum Gasteiger partial charge on any atom is 0.182 e. The summed E-state index contributed by atoms with van der Waals surface area (Å²) in [5.41, 5.74) is 2.07. The first-order valence-electron chi connectivity index (χ1n) is 8.08. The average molecular weight is 340 g/mol. The molecule has 0 atom stereocenters. The molecule has 0 aliphatic carbocycles. The Hall–Kier alpha value is -3.73. The average Bonchev–Trinajstić information content (AvgIpc) is 2.69. The van der Waals surface area contributed by atoms with Crippen LogP contribution in [0.2, 0.25) is 0 Å². The lowest BCUT2D eigenvalue weighted by Gasteiger charge is -2.09. The van der Waals surface area contributed by atoms with Gasteiger partial charge in [0.25, 0.3) is 0 Å². The molecule has 1 N–H and O–H groups in total. The third-order valence-corrected chi connectivity index (χ3v) is 3.91. The van der Waals surface area contributed by atoms with Gasteiger partial charge in [-0.05, 0) is 12.1 Å². The summed E-state index contributed by atoms with van der Waals surface area (Å²) in [6, 6.07) is 23.2. The molecule has 5 heteroatoms. The highest BCUT2D eigenvalue weighted by Crippen LogP contribution is 2.32. The normalized spacial score (nSPS) is 10.6. The van der Waals surface area contributed by atoms with Gasteiger partial charge >= 0.3 is 0 Å². The molecule has 1 radical (unpaired) electrons. The number of hydrogen-bond donors (Lipinski definition) is 1. The zero-order valence-electron chi connectivity index (χ0n) is 13.7. The van der Waals surface area contributed by atoms with E-state index >= 15 is 0 Å². The van der Waals surface area contributed by atoms with Crippen molar-refractivity contribution in [3.63, 3.8) is 0 Å². The van der Waals surface area contributed by atoms with E-state index in [4.69, 9.17) is 0 Å². The lowest BCUT2D eigenvalue weighted by molar-refractivity contribution is 0.351. The van der Waals surface area contributed by atoms with Crippen LogP contribution >= 0.6 is 0 Å². The highest BCUT2D eigenvalue weighted by Gasteiger charge is 2.14. The molecular weight excluding hydrogens is 326 g/mol. The number of aromatic hydroxyl groups is 1. The summed E-state index contributed by atoms with van der Waals surface area (Å²) in [7, 11) is 0. The molecule has 26 heavy (non-hydrogen) atoms. The number of benzene rings is 3. The summed E-state index contributed by atoms with van der Waals surface area (Å²) >= 11 is 0. The third kappa shape index (κ3) is 3.10. The SMILES string of the molecule is [O]c1ccc(-c2nc(-c3ccccc3)nc(-c3ccccc3)n2)c(O)c1. The van der Waals surface area contributed by atoms with E-state index in [0.717, 1.165) is 17.2 Å². The molecule has 0 bridgehead atoms. The van der Waals surface area contributed by atoms with Gasteiger partial charge in [0.15, 0.2) is 23.2 Å². The fraction of sp³-hybridized carbons (Fsp3) is 0. The van der Waals surface area contributed by atoms with Crippen molar-refractivity contribution >= 4 is 0 Å². The van der Waals surface area contributed by atoms with Crippen LogP contribution in [0.1, 0.15) is 0 Å². The molecule has 0 aliphatic rings. The molecule has 4 rings (SSSR count). The number of phenols is 1. The number of aromatic nitrogens is 3. The van der Waals surface area contributed by atoms with Crippen LogP contribution in [0.25, 0.3) is 34.2 Å². The Labute approximate surface area is 150 Å². The van der Waals surface area contributed by atoms with Crippen molar-refractivity contribution in [3.8, 4) is 45.7 Å². The Kier molecular flexibility index (Phi) is 4.03. The van der Waals surface area contributed by atoms with Gasteiger partial charge < -0.3 is 5.11 Å². The maximum atomic E-state index is 11.4. The standard InChI is InChI=1S/C21H14N3O2/c25-16-11-12-17(18(26)13-16)21-23-19(14-7-3-1-4-8-14)22-20(24-21)15-9-5-2-6-10-15/h1-13,26H. The highest BCUT2D eigenvalue weighted by molar-refractivity contribution is 5.70. The second kappa shape index (κ2) is 6.64. The van der Waals surface area contributed by atoms with Crippen molar-refractivity contribution < 1.29 is 10.2 Å². The quantitative estimate of drug-likeness (QED) is 0.585. The van der Waals surface area contributed by atoms with E-state index in [0.29, 0.717) is 23.0 Å². The van der Waals surface area contributed by atoms with Crippen LogP contribution in [0.5, 0.6) is 11.5 Å². The van der Waals surface area contributed by atoms with Gasteiger partial charge in [-0.2, -0.15) is 0 Å². The van der Waals surface area contributed by atoms with Crippen molar-refractivity contribution in [3.05, 3.63) is 78.9 Å². The molecule has 0 saturated carbocycles. The van der Waals surface area contributed by atoms with Gasteiger partial charge in [-0.15, -0.1) is 0 Å². The van der Waals surface area contributed by atoms with Crippen LogP contribution in [0.4, 0.5) is 0 Å². The Morgan fingerprint density at radius 2 is 1.12 bits per heavy atom. The first-order valence-corrected chi connectivity index (χ1v) is 8.08. The molecule has 0 spiro atoms. The Balaban J connectivity index is 1.94. The zero-order valence-corrected chi connectivity index (χ0v) is 13.7. The topological polar surface area (TPSA) is 78.8 Å². The van der Waals surface area contributed by atoms with E-state index in [1.165, 1.54) is 12.1 Å². The number of phenolic OH excluding ortho intramolecular Hbond substituents is 1. The van der Waals surface area contributed by atoms with Crippen molar-refractivity contribution in [2.24, 2.45) is 0 Å². The van der Waals surface area contributed by atoms with E-state index in [2.05, 4.69) is 15.0 Å². The third-order valence-electron chi connectivity index (χ3n) is 3.91. The fourth-order valence-electron chi connectivity index (χ4n) is 2.63. The van der Waals surface area contributed by atoms with Crippen LogP contribution < -0.4 is 0 Å². The molecule has 5 nitrogen and oxygen atoms in total. The molecule has 0 saturated heterocycles. The predicted octanol–water partition coefficient (Wildman–Crippen LogP) is 4.72. The molecular formula is C21H14N3O2. The molecule has 0 aliphatic heterocycles. The second-order valence-corrected chi connectivity index (χ2v) is 5.72. The highest BCUT2D eigenvalue weighted by atomic mass is 16.3. The van der Waals surface area contributed by atoms with Crippen molar-refractivity contribution in [2.75, 3.05) is 0 Å². The van der Waals surface area contributed by atoms with Gasteiger partial charge in [0.2, 0.25) is 0 Å². The Morgan fingerprint density at radius 3 is 1.62 bits per heavy atom. The Morgan fingerprint density at radius 1 is 0.615 bits per heavy atom. The monoisotopic (exact) mass is 340 g/mol. The van der Waals surface area contributed by atoms with E-state index in [1.807, 2.05) is 60.7 Å². The summed E-state index contributed by atoms with van der Waals surface area (Å²) in [6.45, 7) is 0. The van der Waals surface area contributed by atoms with Gasteiger partial charge in [-0.25, -0.2) is 15.0 Å². The Bertz CT molecular complexity index is 994. The van der Waals surface area contributed by atoms with Gasteiger partial charge in [0.05, 0.1) is 5.56 Å². The van der Waals surface area contributed by atoms with E-state index < -0.39 is 0 Å². The summed E-state index contributed by atoms with van der Waals surface area (Å²) in [4.78, 5) is 13.6. The summed E-state index contributed by atoms with van der Waals surface area (Å²) in [6.07, 6.45) is 0. The molecule has 0 amide bonds. The molecule has 0 unspecified atom stereocenters. The smallest absolute Gasteiger partial charge is 0.182 e. The summed E-state index contributed by atoms with van der Waals surface area (Å²) < 4.78 is 0. The van der Waals surface area contributed by atoms with E-state index in [9.17, 15) is 10.2 Å².